The van der Waals surface area contributed by atoms with Gasteiger partial charge in [-0.3, -0.25) is 9.69 Å². The van der Waals surface area contributed by atoms with Crippen LogP contribution in [0.5, 0.6) is 0 Å². The number of carboxylic acid groups (broad SMARTS) is 1. The highest BCUT2D eigenvalue weighted by atomic mass is 19.1. The Morgan fingerprint density at radius 1 is 1.47 bits per heavy atom. The molecule has 4 nitrogen and oxygen atoms in total. The highest BCUT2D eigenvalue weighted by molar-refractivity contribution is 6.08. The van der Waals surface area contributed by atoms with Gasteiger partial charge in [-0.05, 0) is 25.1 Å². The van der Waals surface area contributed by atoms with Crippen molar-refractivity contribution in [2.75, 3.05) is 4.90 Å². The summed E-state index contributed by atoms with van der Waals surface area (Å²) in [6.45, 7) is 1.54. The molecule has 0 bridgehead atoms. The maximum absolute atomic E-state index is 13.1. The molecular formula is C12H10FNO3. The number of carbonyl (C=O) groups is 2. The predicted octanol–water partition coefficient (Wildman–Crippen LogP) is 1.92. The van der Waals surface area contributed by atoms with Crippen molar-refractivity contribution in [3.8, 4) is 0 Å². The molecule has 0 unspecified atom stereocenters. The summed E-state index contributed by atoms with van der Waals surface area (Å²) in [7, 11) is 0. The fourth-order valence-electron chi connectivity index (χ4n) is 1.86. The molecule has 0 saturated carbocycles. The Bertz CT molecular complexity index is 536. The average Bonchev–Trinajstić information content (AvgIpc) is 2.54. The zero-order chi connectivity index (χ0) is 12.6. The van der Waals surface area contributed by atoms with E-state index in [-0.39, 0.29) is 17.9 Å². The van der Waals surface area contributed by atoms with Gasteiger partial charge in [0.25, 0.3) is 0 Å². The molecule has 1 aromatic carbocycles. The van der Waals surface area contributed by atoms with E-state index >= 15 is 0 Å². The summed E-state index contributed by atoms with van der Waals surface area (Å²) in [6.07, 6.45) is -0.155. The van der Waals surface area contributed by atoms with Crippen LogP contribution in [-0.2, 0) is 9.59 Å². The minimum atomic E-state index is -1.12. The van der Waals surface area contributed by atoms with Crippen LogP contribution >= 0.6 is 0 Å². The molecule has 0 spiro atoms. The van der Waals surface area contributed by atoms with E-state index in [1.54, 1.807) is 13.0 Å². The molecule has 1 aliphatic heterocycles. The molecule has 0 radical (unpaired) electrons. The van der Waals surface area contributed by atoms with Crippen LogP contribution in [0.25, 0.3) is 0 Å². The van der Waals surface area contributed by atoms with Crippen LogP contribution in [0.15, 0.2) is 35.5 Å². The van der Waals surface area contributed by atoms with E-state index in [9.17, 15) is 14.0 Å². The predicted molar refractivity (Wildman–Crippen MR) is 58.8 cm³/mol. The van der Waals surface area contributed by atoms with Crippen molar-refractivity contribution in [2.24, 2.45) is 0 Å². The van der Waals surface area contributed by atoms with Crippen molar-refractivity contribution >= 4 is 17.6 Å². The van der Waals surface area contributed by atoms with Gasteiger partial charge in [-0.15, -0.1) is 0 Å². The van der Waals surface area contributed by atoms with Gasteiger partial charge in [0.05, 0.1) is 17.7 Å². The van der Waals surface area contributed by atoms with Crippen molar-refractivity contribution in [3.63, 3.8) is 0 Å². The Labute approximate surface area is 97.0 Å². The summed E-state index contributed by atoms with van der Waals surface area (Å²) < 4.78 is 13.1. The summed E-state index contributed by atoms with van der Waals surface area (Å²) in [4.78, 5) is 23.8. The van der Waals surface area contributed by atoms with Crippen LogP contribution in [0.3, 0.4) is 0 Å². The molecule has 0 saturated heterocycles. The van der Waals surface area contributed by atoms with Gasteiger partial charge < -0.3 is 5.11 Å². The number of benzene rings is 1. The lowest BCUT2D eigenvalue weighted by atomic mass is 10.2. The van der Waals surface area contributed by atoms with Gasteiger partial charge >= 0.3 is 5.97 Å². The van der Waals surface area contributed by atoms with E-state index in [0.29, 0.717) is 11.4 Å². The summed E-state index contributed by atoms with van der Waals surface area (Å²) in [6, 6.07) is 5.51. The van der Waals surface area contributed by atoms with E-state index in [1.807, 2.05) is 0 Å². The zero-order valence-electron chi connectivity index (χ0n) is 9.11. The topological polar surface area (TPSA) is 57.6 Å². The number of carbonyl (C=O) groups excluding carboxylic acids is 1. The SMILES string of the molecule is CC1=C(C(=O)O)CC(=O)N1c1cccc(F)c1. The zero-order valence-corrected chi connectivity index (χ0v) is 9.11. The fourth-order valence-corrected chi connectivity index (χ4v) is 1.86. The number of hydrogen-bond acceptors (Lipinski definition) is 2. The maximum Gasteiger partial charge on any atom is 0.333 e. The first-order chi connectivity index (χ1) is 8.00. The Morgan fingerprint density at radius 2 is 2.18 bits per heavy atom. The van der Waals surface area contributed by atoms with Gasteiger partial charge in [0.1, 0.15) is 5.82 Å². The van der Waals surface area contributed by atoms with Crippen molar-refractivity contribution in [1.29, 1.82) is 0 Å². The number of rotatable bonds is 2. The number of hydrogen-bond donors (Lipinski definition) is 1. The minimum absolute atomic E-state index is 0.0549. The summed E-state index contributed by atoms with van der Waals surface area (Å²) in [5.74, 6) is -1.94. The highest BCUT2D eigenvalue weighted by Crippen LogP contribution is 2.30. The number of halogens is 1. The van der Waals surface area contributed by atoms with Crippen molar-refractivity contribution < 1.29 is 19.1 Å². The van der Waals surface area contributed by atoms with Crippen LogP contribution in [0, 0.1) is 5.82 Å². The molecule has 1 amide bonds. The number of carboxylic acids is 1. The van der Waals surface area contributed by atoms with E-state index in [4.69, 9.17) is 5.11 Å². The molecular weight excluding hydrogens is 225 g/mol. The van der Waals surface area contributed by atoms with Crippen molar-refractivity contribution in [3.05, 3.63) is 41.4 Å². The second-order valence-electron chi connectivity index (χ2n) is 3.75. The number of aliphatic carboxylic acids is 1. The summed E-state index contributed by atoms with van der Waals surface area (Å²) in [5.41, 5.74) is 0.746. The molecule has 0 fully saturated rings. The van der Waals surface area contributed by atoms with Crippen LogP contribution in [0.1, 0.15) is 13.3 Å². The molecule has 0 aliphatic carbocycles. The molecule has 88 valence electrons. The largest absolute Gasteiger partial charge is 0.478 e. The standard InChI is InChI=1S/C12H10FNO3/c1-7-10(12(16)17)6-11(15)14(7)9-4-2-3-8(13)5-9/h2-5H,6H2,1H3,(H,16,17). The first-order valence-corrected chi connectivity index (χ1v) is 5.02. The monoisotopic (exact) mass is 235 g/mol. The molecule has 1 heterocycles. The molecule has 1 N–H and O–H groups in total. The van der Waals surface area contributed by atoms with E-state index in [0.717, 1.165) is 0 Å². The van der Waals surface area contributed by atoms with Gasteiger partial charge in [0.2, 0.25) is 5.91 Å². The second-order valence-corrected chi connectivity index (χ2v) is 3.75. The van der Waals surface area contributed by atoms with Crippen LogP contribution < -0.4 is 4.90 Å². The third kappa shape index (κ3) is 1.91. The maximum atomic E-state index is 13.1. The molecule has 17 heavy (non-hydrogen) atoms. The van der Waals surface area contributed by atoms with E-state index in [1.165, 1.54) is 23.1 Å². The first-order valence-electron chi connectivity index (χ1n) is 5.02. The Hall–Kier alpha value is -2.17. The second kappa shape index (κ2) is 4.01. The summed E-state index contributed by atoms with van der Waals surface area (Å²) in [5, 5.41) is 8.91. The smallest absolute Gasteiger partial charge is 0.333 e. The van der Waals surface area contributed by atoms with Crippen LogP contribution in [0.4, 0.5) is 10.1 Å². The Kier molecular flexibility index (Phi) is 2.67. The van der Waals surface area contributed by atoms with Gasteiger partial charge in [-0.25, -0.2) is 9.18 Å². The molecule has 1 aliphatic rings. The molecule has 2 rings (SSSR count). The number of nitrogens with zero attached hydrogens (tertiary/aromatic N) is 1. The Morgan fingerprint density at radius 3 is 2.71 bits per heavy atom. The Balaban J connectivity index is 2.46. The lowest BCUT2D eigenvalue weighted by Crippen LogP contribution is -2.23. The van der Waals surface area contributed by atoms with E-state index in [2.05, 4.69) is 0 Å². The molecule has 0 atom stereocenters. The lowest BCUT2D eigenvalue weighted by molar-refractivity contribution is -0.133. The minimum Gasteiger partial charge on any atom is -0.478 e. The molecule has 5 heteroatoms. The third-order valence-corrected chi connectivity index (χ3v) is 2.67. The van der Waals surface area contributed by atoms with Crippen LogP contribution in [0.2, 0.25) is 0 Å². The third-order valence-electron chi connectivity index (χ3n) is 2.67. The normalized spacial score (nSPS) is 15.6. The van der Waals surface area contributed by atoms with Gasteiger partial charge in [0.15, 0.2) is 0 Å². The molecule has 0 aromatic heterocycles. The quantitative estimate of drug-likeness (QED) is 0.851. The average molecular weight is 235 g/mol. The van der Waals surface area contributed by atoms with Crippen molar-refractivity contribution in [2.45, 2.75) is 13.3 Å². The van der Waals surface area contributed by atoms with Crippen LogP contribution in [-0.4, -0.2) is 17.0 Å². The highest BCUT2D eigenvalue weighted by Gasteiger charge is 2.32. The fraction of sp³-hybridized carbons (Fsp3) is 0.167. The lowest BCUT2D eigenvalue weighted by Gasteiger charge is -2.17. The van der Waals surface area contributed by atoms with Gasteiger partial charge in [-0.2, -0.15) is 0 Å². The van der Waals surface area contributed by atoms with Crippen molar-refractivity contribution in [1.82, 2.24) is 0 Å². The number of anilines is 1. The molecule has 1 aromatic rings. The number of allylic oxidation sites excluding steroid dienone is 1. The number of amides is 1. The van der Waals surface area contributed by atoms with Gasteiger partial charge in [0, 0.05) is 5.70 Å². The van der Waals surface area contributed by atoms with Gasteiger partial charge in [-0.1, -0.05) is 6.07 Å². The van der Waals surface area contributed by atoms with E-state index < -0.39 is 11.8 Å². The summed E-state index contributed by atoms with van der Waals surface area (Å²) >= 11 is 0. The first kappa shape index (κ1) is 11.3.